The van der Waals surface area contributed by atoms with E-state index in [0.717, 1.165) is 18.5 Å². The van der Waals surface area contributed by atoms with Gasteiger partial charge in [-0.1, -0.05) is 23.4 Å². The van der Waals surface area contributed by atoms with E-state index in [4.69, 9.17) is 11.6 Å². The second kappa shape index (κ2) is 5.54. The van der Waals surface area contributed by atoms with Crippen molar-refractivity contribution in [2.75, 3.05) is 13.6 Å². The Morgan fingerprint density at radius 2 is 2.21 bits per heavy atom. The molecule has 0 spiro atoms. The zero-order valence-corrected chi connectivity index (χ0v) is 8.73. The number of hydrogen-bond acceptors (Lipinski definition) is 2. The molecule has 0 heterocycles. The molecular weight excluding hydrogens is 198 g/mol. The van der Waals surface area contributed by atoms with Crippen LogP contribution in [0.15, 0.2) is 18.2 Å². The Morgan fingerprint density at radius 3 is 2.86 bits per heavy atom. The fourth-order valence-electron chi connectivity index (χ4n) is 0.998. The Labute approximate surface area is 88.9 Å². The number of phenols is 1. The molecule has 0 fully saturated rings. The lowest BCUT2D eigenvalue weighted by Gasteiger charge is -1.95. The van der Waals surface area contributed by atoms with Crippen molar-refractivity contribution in [3.05, 3.63) is 28.8 Å². The van der Waals surface area contributed by atoms with E-state index in [1.807, 2.05) is 7.05 Å². The number of halogens is 1. The lowest BCUT2D eigenvalue weighted by atomic mass is 10.2. The molecule has 0 unspecified atom stereocenters. The third-order valence-electron chi connectivity index (χ3n) is 1.62. The molecule has 0 aliphatic heterocycles. The molecule has 0 saturated carbocycles. The Hall–Kier alpha value is -1.17. The fraction of sp³-hybridized carbons (Fsp3) is 0.273. The first kappa shape index (κ1) is 10.9. The van der Waals surface area contributed by atoms with Gasteiger partial charge in [0.05, 0.1) is 0 Å². The molecule has 74 valence electrons. The van der Waals surface area contributed by atoms with Crippen molar-refractivity contribution in [2.45, 2.75) is 6.42 Å². The van der Waals surface area contributed by atoms with Gasteiger partial charge in [0.15, 0.2) is 0 Å². The Bertz CT molecular complexity index is 345. The van der Waals surface area contributed by atoms with E-state index in [1.165, 1.54) is 6.07 Å². The maximum Gasteiger partial charge on any atom is 0.118 e. The predicted molar refractivity (Wildman–Crippen MR) is 58.5 cm³/mol. The maximum atomic E-state index is 9.23. The summed E-state index contributed by atoms with van der Waals surface area (Å²) in [7, 11) is 1.88. The van der Waals surface area contributed by atoms with Gasteiger partial charge in [0.25, 0.3) is 0 Å². The third kappa shape index (κ3) is 3.69. The SMILES string of the molecule is CNCCC#Cc1cc(O)cc(Cl)c1. The second-order valence-electron chi connectivity index (χ2n) is 2.85. The molecule has 2 N–H and O–H groups in total. The zero-order valence-electron chi connectivity index (χ0n) is 7.97. The normalized spacial score (nSPS) is 9.29. The summed E-state index contributed by atoms with van der Waals surface area (Å²) in [5.41, 5.74) is 0.742. The summed E-state index contributed by atoms with van der Waals surface area (Å²) in [6.07, 6.45) is 0.782. The molecule has 1 aromatic rings. The van der Waals surface area contributed by atoms with Crippen LogP contribution >= 0.6 is 11.6 Å². The second-order valence-corrected chi connectivity index (χ2v) is 3.29. The highest BCUT2D eigenvalue weighted by Gasteiger charge is 1.94. The van der Waals surface area contributed by atoms with Gasteiger partial charge < -0.3 is 10.4 Å². The molecule has 0 amide bonds. The van der Waals surface area contributed by atoms with Crippen molar-refractivity contribution in [3.63, 3.8) is 0 Å². The van der Waals surface area contributed by atoms with Crippen LogP contribution in [0.25, 0.3) is 0 Å². The number of nitrogens with one attached hydrogen (secondary N) is 1. The molecule has 0 radical (unpaired) electrons. The standard InChI is InChI=1S/C11H12ClNO/c1-13-5-3-2-4-9-6-10(12)8-11(14)7-9/h6-8,13-14H,3,5H2,1H3. The van der Waals surface area contributed by atoms with Gasteiger partial charge in [0, 0.05) is 23.6 Å². The number of phenolic OH excluding ortho intramolecular Hbond substituents is 1. The Balaban J connectivity index is 2.69. The van der Waals surface area contributed by atoms with E-state index in [1.54, 1.807) is 12.1 Å². The summed E-state index contributed by atoms with van der Waals surface area (Å²) in [4.78, 5) is 0. The third-order valence-corrected chi connectivity index (χ3v) is 1.83. The topological polar surface area (TPSA) is 32.3 Å². The highest BCUT2D eigenvalue weighted by Crippen LogP contribution is 2.18. The van der Waals surface area contributed by atoms with Crippen LogP contribution in [0.2, 0.25) is 5.02 Å². The van der Waals surface area contributed by atoms with Crippen LogP contribution in [-0.2, 0) is 0 Å². The molecule has 0 aliphatic carbocycles. The summed E-state index contributed by atoms with van der Waals surface area (Å²) in [6, 6.07) is 4.81. The number of hydrogen-bond donors (Lipinski definition) is 2. The molecule has 1 aromatic carbocycles. The Morgan fingerprint density at radius 1 is 1.43 bits per heavy atom. The van der Waals surface area contributed by atoms with Crippen molar-refractivity contribution in [3.8, 4) is 17.6 Å². The number of benzene rings is 1. The van der Waals surface area contributed by atoms with Crippen LogP contribution in [0.5, 0.6) is 5.75 Å². The first-order chi connectivity index (χ1) is 6.72. The first-order valence-electron chi connectivity index (χ1n) is 4.35. The molecule has 3 heteroatoms. The minimum absolute atomic E-state index is 0.149. The smallest absolute Gasteiger partial charge is 0.118 e. The van der Waals surface area contributed by atoms with Crippen LogP contribution in [0.3, 0.4) is 0 Å². The number of aromatic hydroxyl groups is 1. The van der Waals surface area contributed by atoms with Crippen molar-refractivity contribution >= 4 is 11.6 Å². The zero-order chi connectivity index (χ0) is 10.4. The van der Waals surface area contributed by atoms with Crippen LogP contribution in [-0.4, -0.2) is 18.7 Å². The van der Waals surface area contributed by atoms with E-state index < -0.39 is 0 Å². The molecular formula is C11H12ClNO. The summed E-state index contributed by atoms with van der Waals surface area (Å²) < 4.78 is 0. The van der Waals surface area contributed by atoms with Gasteiger partial charge in [0.2, 0.25) is 0 Å². The Kier molecular flexibility index (Phi) is 4.31. The quantitative estimate of drug-likeness (QED) is 0.577. The lowest BCUT2D eigenvalue weighted by molar-refractivity contribution is 0.475. The summed E-state index contributed by atoms with van der Waals surface area (Å²) in [6.45, 7) is 0.861. The van der Waals surface area contributed by atoms with E-state index in [-0.39, 0.29) is 5.75 Å². The summed E-state index contributed by atoms with van der Waals surface area (Å²) in [5, 5.41) is 12.7. The van der Waals surface area contributed by atoms with Gasteiger partial charge in [-0.2, -0.15) is 0 Å². The largest absolute Gasteiger partial charge is 0.508 e. The lowest BCUT2D eigenvalue weighted by Crippen LogP contribution is -2.05. The summed E-state index contributed by atoms with van der Waals surface area (Å²) >= 11 is 5.75. The van der Waals surface area contributed by atoms with E-state index in [0.29, 0.717) is 5.02 Å². The van der Waals surface area contributed by atoms with Gasteiger partial charge in [-0.15, -0.1) is 0 Å². The highest BCUT2D eigenvalue weighted by atomic mass is 35.5. The van der Waals surface area contributed by atoms with Gasteiger partial charge in [-0.05, 0) is 25.2 Å². The minimum atomic E-state index is 0.149. The predicted octanol–water partition coefficient (Wildman–Crippen LogP) is 2.01. The van der Waals surface area contributed by atoms with Crippen molar-refractivity contribution in [1.82, 2.24) is 5.32 Å². The molecule has 0 aliphatic rings. The van der Waals surface area contributed by atoms with E-state index in [9.17, 15) is 5.11 Å². The average Bonchev–Trinajstić information content (AvgIpc) is 2.11. The van der Waals surface area contributed by atoms with Crippen molar-refractivity contribution in [1.29, 1.82) is 0 Å². The number of rotatable bonds is 2. The van der Waals surface area contributed by atoms with Crippen LogP contribution in [0.1, 0.15) is 12.0 Å². The van der Waals surface area contributed by atoms with E-state index >= 15 is 0 Å². The van der Waals surface area contributed by atoms with Crippen molar-refractivity contribution < 1.29 is 5.11 Å². The molecule has 2 nitrogen and oxygen atoms in total. The molecule has 14 heavy (non-hydrogen) atoms. The molecule has 0 bridgehead atoms. The van der Waals surface area contributed by atoms with Crippen LogP contribution < -0.4 is 5.32 Å². The van der Waals surface area contributed by atoms with Crippen LogP contribution in [0.4, 0.5) is 0 Å². The fourth-order valence-corrected chi connectivity index (χ4v) is 1.23. The van der Waals surface area contributed by atoms with Crippen molar-refractivity contribution in [2.24, 2.45) is 0 Å². The summed E-state index contributed by atoms with van der Waals surface area (Å²) in [5.74, 6) is 6.05. The molecule has 0 saturated heterocycles. The molecule has 1 rings (SSSR count). The highest BCUT2D eigenvalue weighted by molar-refractivity contribution is 6.30. The van der Waals surface area contributed by atoms with Crippen LogP contribution in [0, 0.1) is 11.8 Å². The van der Waals surface area contributed by atoms with E-state index in [2.05, 4.69) is 17.2 Å². The first-order valence-corrected chi connectivity index (χ1v) is 4.73. The maximum absolute atomic E-state index is 9.23. The van der Waals surface area contributed by atoms with Gasteiger partial charge in [-0.3, -0.25) is 0 Å². The molecule has 0 atom stereocenters. The molecule has 0 aromatic heterocycles. The van der Waals surface area contributed by atoms with Gasteiger partial charge in [-0.25, -0.2) is 0 Å². The van der Waals surface area contributed by atoms with Gasteiger partial charge >= 0.3 is 0 Å². The average molecular weight is 210 g/mol. The minimum Gasteiger partial charge on any atom is -0.508 e. The monoisotopic (exact) mass is 209 g/mol. The van der Waals surface area contributed by atoms with Gasteiger partial charge in [0.1, 0.15) is 5.75 Å².